The fourth-order valence-electron chi connectivity index (χ4n) is 2.45. The number of nitrogens with zero attached hydrogens (tertiary/aromatic N) is 5. The van der Waals surface area contributed by atoms with E-state index in [9.17, 15) is 9.59 Å². The molecule has 3 aromatic rings. The van der Waals surface area contributed by atoms with Crippen molar-refractivity contribution in [2.24, 2.45) is 0 Å². The third kappa shape index (κ3) is 6.28. The molecular formula is C19H21N9O2S2. The van der Waals surface area contributed by atoms with Crippen molar-refractivity contribution in [2.75, 3.05) is 33.6 Å². The molecule has 0 saturated heterocycles. The first-order chi connectivity index (χ1) is 15.4. The smallest absolute Gasteiger partial charge is 0.275 e. The normalized spacial score (nSPS) is 10.6. The van der Waals surface area contributed by atoms with Crippen LogP contribution in [-0.2, 0) is 0 Å². The first kappa shape index (κ1) is 23.2. The molecule has 0 aromatic carbocycles. The van der Waals surface area contributed by atoms with Crippen molar-refractivity contribution in [1.29, 1.82) is 0 Å². The van der Waals surface area contributed by atoms with Crippen molar-refractivity contribution in [3.8, 4) is 0 Å². The van der Waals surface area contributed by atoms with Crippen molar-refractivity contribution in [1.82, 2.24) is 24.9 Å². The molecule has 6 N–H and O–H groups in total. The maximum absolute atomic E-state index is 12.6. The van der Waals surface area contributed by atoms with Gasteiger partial charge in [-0.1, -0.05) is 43.4 Å². The molecule has 3 aromatic heterocycles. The second kappa shape index (κ2) is 10.7. The quantitative estimate of drug-likeness (QED) is 0.280. The number of nitrogen functional groups attached to an aromatic ring is 2. The van der Waals surface area contributed by atoms with Crippen molar-refractivity contribution in [2.45, 2.75) is 24.2 Å². The summed E-state index contributed by atoms with van der Waals surface area (Å²) in [6.07, 6.45) is 0. The van der Waals surface area contributed by atoms with Crippen molar-refractivity contribution in [3.63, 3.8) is 0 Å². The average molecular weight is 472 g/mol. The third-order valence-electron chi connectivity index (χ3n) is 3.70. The first-order valence-corrected chi connectivity index (χ1v) is 11.5. The molecule has 166 valence electrons. The molecule has 0 aliphatic carbocycles. The van der Waals surface area contributed by atoms with Gasteiger partial charge >= 0.3 is 0 Å². The lowest BCUT2D eigenvalue weighted by Crippen LogP contribution is -2.19. The SMILES string of the molecule is CCSc1nc(N)cc(NC(=O)c2cccc(C(=O)Nc3cc(N)nc(SCC)n3)n2)n1. The molecule has 0 aliphatic heterocycles. The van der Waals surface area contributed by atoms with Crippen LogP contribution in [0.15, 0.2) is 40.6 Å². The van der Waals surface area contributed by atoms with E-state index in [2.05, 4.69) is 35.6 Å². The summed E-state index contributed by atoms with van der Waals surface area (Å²) < 4.78 is 0. The second-order valence-electron chi connectivity index (χ2n) is 6.10. The molecule has 0 fully saturated rings. The fourth-order valence-corrected chi connectivity index (χ4v) is 3.63. The summed E-state index contributed by atoms with van der Waals surface area (Å²) in [5.41, 5.74) is 11.6. The number of aromatic nitrogens is 5. The minimum absolute atomic E-state index is 0.0314. The van der Waals surface area contributed by atoms with Crippen LogP contribution in [0.1, 0.15) is 34.8 Å². The van der Waals surface area contributed by atoms with Gasteiger partial charge < -0.3 is 22.1 Å². The van der Waals surface area contributed by atoms with Gasteiger partial charge in [-0.2, -0.15) is 0 Å². The Morgan fingerprint density at radius 1 is 0.781 bits per heavy atom. The number of thioether (sulfide) groups is 2. The number of pyridine rings is 1. The Labute approximate surface area is 192 Å². The van der Waals surface area contributed by atoms with Crippen LogP contribution in [-0.4, -0.2) is 48.2 Å². The number of hydrogen-bond donors (Lipinski definition) is 4. The molecule has 32 heavy (non-hydrogen) atoms. The van der Waals surface area contributed by atoms with E-state index in [1.54, 1.807) is 6.07 Å². The van der Waals surface area contributed by atoms with Gasteiger partial charge in [0.2, 0.25) is 0 Å². The summed E-state index contributed by atoms with van der Waals surface area (Å²) in [5, 5.41) is 6.16. The monoisotopic (exact) mass is 471 g/mol. The second-order valence-corrected chi connectivity index (χ2v) is 8.57. The summed E-state index contributed by atoms with van der Waals surface area (Å²) in [7, 11) is 0. The Kier molecular flexibility index (Phi) is 7.78. The van der Waals surface area contributed by atoms with E-state index in [-0.39, 0.29) is 34.7 Å². The molecule has 0 spiro atoms. The van der Waals surface area contributed by atoms with Crippen LogP contribution in [0.4, 0.5) is 23.3 Å². The number of amides is 2. The Bertz CT molecular complexity index is 1060. The lowest BCUT2D eigenvalue weighted by Gasteiger charge is -2.09. The summed E-state index contributed by atoms with van der Waals surface area (Å²) in [6, 6.07) is 7.41. The van der Waals surface area contributed by atoms with Gasteiger partial charge in [-0.3, -0.25) is 9.59 Å². The Hall–Kier alpha value is -3.45. The predicted octanol–water partition coefficient (Wildman–Crippen LogP) is 2.55. The number of hydrogen-bond acceptors (Lipinski definition) is 11. The van der Waals surface area contributed by atoms with E-state index in [4.69, 9.17) is 11.5 Å². The molecule has 0 unspecified atom stereocenters. The predicted molar refractivity (Wildman–Crippen MR) is 126 cm³/mol. The minimum Gasteiger partial charge on any atom is -0.383 e. The Morgan fingerprint density at radius 2 is 1.22 bits per heavy atom. The molecular weight excluding hydrogens is 450 g/mol. The number of rotatable bonds is 8. The molecule has 0 aliphatic rings. The van der Waals surface area contributed by atoms with Gasteiger partial charge in [0.25, 0.3) is 11.8 Å². The molecule has 0 saturated carbocycles. The van der Waals surface area contributed by atoms with E-state index in [1.165, 1.54) is 47.8 Å². The van der Waals surface area contributed by atoms with Gasteiger partial charge in [0.1, 0.15) is 34.7 Å². The van der Waals surface area contributed by atoms with Gasteiger partial charge in [0, 0.05) is 12.1 Å². The van der Waals surface area contributed by atoms with E-state index in [1.807, 2.05) is 13.8 Å². The highest BCUT2D eigenvalue weighted by atomic mass is 32.2. The Morgan fingerprint density at radius 3 is 1.62 bits per heavy atom. The summed E-state index contributed by atoms with van der Waals surface area (Å²) in [6.45, 7) is 3.91. The van der Waals surface area contributed by atoms with Crippen LogP contribution < -0.4 is 22.1 Å². The summed E-state index contributed by atoms with van der Waals surface area (Å²) in [5.74, 6) is 1.38. The number of carbonyl (C=O) groups excluding carboxylic acids is 2. The minimum atomic E-state index is -0.543. The highest BCUT2D eigenvalue weighted by molar-refractivity contribution is 7.99. The van der Waals surface area contributed by atoms with Crippen LogP contribution in [0.5, 0.6) is 0 Å². The molecule has 0 bridgehead atoms. The van der Waals surface area contributed by atoms with Crippen molar-refractivity contribution >= 4 is 58.6 Å². The standard InChI is InChI=1S/C19H21N9O2S2/c1-3-31-18-23-12(20)8-14(27-18)25-16(29)10-6-5-7-11(22-10)17(30)26-15-9-13(21)24-19(28-15)32-4-2/h5-9H,3-4H2,1-2H3,(H3,20,23,25,27,29)(H3,21,24,26,28,30). The molecule has 0 atom stereocenters. The number of anilines is 4. The Balaban J connectivity index is 1.75. The maximum Gasteiger partial charge on any atom is 0.275 e. The summed E-state index contributed by atoms with van der Waals surface area (Å²) >= 11 is 2.79. The van der Waals surface area contributed by atoms with Crippen molar-refractivity contribution < 1.29 is 9.59 Å². The zero-order valence-corrected chi connectivity index (χ0v) is 19.0. The van der Waals surface area contributed by atoms with Crippen LogP contribution in [0.2, 0.25) is 0 Å². The van der Waals surface area contributed by atoms with Gasteiger partial charge in [0.05, 0.1) is 0 Å². The average Bonchev–Trinajstić information content (AvgIpc) is 2.73. The lowest BCUT2D eigenvalue weighted by atomic mass is 10.2. The van der Waals surface area contributed by atoms with E-state index >= 15 is 0 Å². The van der Waals surface area contributed by atoms with Gasteiger partial charge in [-0.05, 0) is 23.6 Å². The summed E-state index contributed by atoms with van der Waals surface area (Å²) in [4.78, 5) is 46.1. The highest BCUT2D eigenvalue weighted by Crippen LogP contribution is 2.19. The third-order valence-corrected chi connectivity index (χ3v) is 5.15. The highest BCUT2D eigenvalue weighted by Gasteiger charge is 2.15. The zero-order chi connectivity index (χ0) is 23.1. The molecule has 0 radical (unpaired) electrons. The van der Waals surface area contributed by atoms with E-state index < -0.39 is 11.8 Å². The lowest BCUT2D eigenvalue weighted by molar-refractivity contribution is 0.101. The molecule has 11 nitrogen and oxygen atoms in total. The topological polar surface area (TPSA) is 175 Å². The van der Waals surface area contributed by atoms with Gasteiger partial charge in [-0.15, -0.1) is 0 Å². The van der Waals surface area contributed by atoms with Crippen LogP contribution in [0.3, 0.4) is 0 Å². The van der Waals surface area contributed by atoms with Gasteiger partial charge in [-0.25, -0.2) is 24.9 Å². The largest absolute Gasteiger partial charge is 0.383 e. The molecule has 3 heterocycles. The van der Waals surface area contributed by atoms with Crippen LogP contribution in [0, 0.1) is 0 Å². The van der Waals surface area contributed by atoms with Crippen LogP contribution in [0.25, 0.3) is 0 Å². The van der Waals surface area contributed by atoms with Crippen LogP contribution >= 0.6 is 23.5 Å². The first-order valence-electron chi connectivity index (χ1n) is 9.52. The molecule has 3 rings (SSSR count). The maximum atomic E-state index is 12.6. The van der Waals surface area contributed by atoms with E-state index in [0.29, 0.717) is 10.3 Å². The molecule has 13 heteroatoms. The van der Waals surface area contributed by atoms with Gasteiger partial charge in [0.15, 0.2) is 10.3 Å². The molecule has 2 amide bonds. The zero-order valence-electron chi connectivity index (χ0n) is 17.3. The number of nitrogens with one attached hydrogen (secondary N) is 2. The van der Waals surface area contributed by atoms with Crippen molar-refractivity contribution in [3.05, 3.63) is 41.7 Å². The number of nitrogens with two attached hydrogens (primary N) is 2. The number of carbonyl (C=O) groups is 2. The fraction of sp³-hybridized carbons (Fsp3) is 0.211. The van der Waals surface area contributed by atoms with E-state index in [0.717, 1.165) is 11.5 Å².